The minimum atomic E-state index is -1.05. The summed E-state index contributed by atoms with van der Waals surface area (Å²) in [7, 11) is -1.05. The highest BCUT2D eigenvalue weighted by Gasteiger charge is 2.12. The van der Waals surface area contributed by atoms with Gasteiger partial charge in [-0.15, -0.1) is 0 Å². The molecule has 15 heavy (non-hydrogen) atoms. The van der Waals surface area contributed by atoms with Gasteiger partial charge in [-0.1, -0.05) is 25.1 Å². The van der Waals surface area contributed by atoms with Gasteiger partial charge in [0.15, 0.2) is 0 Å². The van der Waals surface area contributed by atoms with Gasteiger partial charge in [0.05, 0.1) is 5.75 Å². The van der Waals surface area contributed by atoms with Gasteiger partial charge in [0, 0.05) is 21.6 Å². The maximum atomic E-state index is 13.2. The quantitative estimate of drug-likeness (QED) is 0.836. The first kappa shape index (κ1) is 12.3. The van der Waals surface area contributed by atoms with Crippen LogP contribution in [0.1, 0.15) is 18.9 Å². The third-order valence-electron chi connectivity index (χ3n) is 2.28. The molecule has 0 aliphatic carbocycles. The predicted molar refractivity (Wildman–Crippen MR) is 61.4 cm³/mol. The molecule has 0 radical (unpaired) electrons. The Bertz CT molecular complexity index is 343. The van der Waals surface area contributed by atoms with E-state index in [2.05, 4.69) is 0 Å². The van der Waals surface area contributed by atoms with E-state index in [0.29, 0.717) is 18.5 Å². The maximum Gasteiger partial charge on any atom is 0.127 e. The first-order valence-electron chi connectivity index (χ1n) is 4.95. The van der Waals surface area contributed by atoms with Crippen molar-refractivity contribution >= 4 is 10.8 Å². The van der Waals surface area contributed by atoms with E-state index in [9.17, 15) is 8.60 Å². The van der Waals surface area contributed by atoms with Crippen molar-refractivity contribution in [3.63, 3.8) is 0 Å². The summed E-state index contributed by atoms with van der Waals surface area (Å²) in [5.74, 6) is -0.0146. The summed E-state index contributed by atoms with van der Waals surface area (Å²) >= 11 is 0. The Labute approximate surface area is 92.1 Å². The molecule has 2 nitrogen and oxygen atoms in total. The van der Waals surface area contributed by atoms with Crippen molar-refractivity contribution < 1.29 is 8.60 Å². The Kier molecular flexibility index (Phi) is 4.91. The van der Waals surface area contributed by atoms with Crippen molar-refractivity contribution in [3.8, 4) is 0 Å². The van der Waals surface area contributed by atoms with Crippen LogP contribution in [-0.2, 0) is 16.6 Å². The van der Waals surface area contributed by atoms with Gasteiger partial charge in [0.25, 0.3) is 0 Å². The number of nitrogens with two attached hydrogens (primary N) is 1. The lowest BCUT2D eigenvalue weighted by Crippen LogP contribution is -2.17. The molecule has 0 aromatic heterocycles. The standard InChI is InChI=1S/C11H16FNOS/c1-9(6-7-13)15(14)8-10-4-2-3-5-11(10)12/h2-5,9H,6-8,13H2,1H3. The summed E-state index contributed by atoms with van der Waals surface area (Å²) in [6.45, 7) is 2.40. The number of benzene rings is 1. The van der Waals surface area contributed by atoms with Gasteiger partial charge in [0.1, 0.15) is 5.82 Å². The van der Waals surface area contributed by atoms with E-state index < -0.39 is 10.8 Å². The van der Waals surface area contributed by atoms with E-state index in [-0.39, 0.29) is 16.8 Å². The molecule has 2 atom stereocenters. The highest BCUT2D eigenvalue weighted by Crippen LogP contribution is 2.12. The molecule has 0 saturated heterocycles. The Morgan fingerprint density at radius 2 is 2.13 bits per heavy atom. The Morgan fingerprint density at radius 1 is 1.47 bits per heavy atom. The van der Waals surface area contributed by atoms with Crippen LogP contribution in [0.2, 0.25) is 0 Å². The van der Waals surface area contributed by atoms with Crippen LogP contribution in [-0.4, -0.2) is 16.0 Å². The second kappa shape index (κ2) is 5.98. The third-order valence-corrected chi connectivity index (χ3v) is 4.01. The molecule has 0 heterocycles. The van der Waals surface area contributed by atoms with Crippen molar-refractivity contribution in [1.29, 1.82) is 0 Å². The Hall–Kier alpha value is -0.740. The lowest BCUT2D eigenvalue weighted by atomic mass is 10.2. The fraction of sp³-hybridized carbons (Fsp3) is 0.455. The number of hydrogen-bond donors (Lipinski definition) is 1. The Balaban J connectivity index is 2.62. The summed E-state index contributed by atoms with van der Waals surface area (Å²) in [4.78, 5) is 0. The molecule has 0 spiro atoms. The number of hydrogen-bond acceptors (Lipinski definition) is 2. The molecule has 0 fully saturated rings. The van der Waals surface area contributed by atoms with Crippen molar-refractivity contribution in [2.45, 2.75) is 24.3 Å². The van der Waals surface area contributed by atoms with Crippen LogP contribution in [0.5, 0.6) is 0 Å². The van der Waals surface area contributed by atoms with Gasteiger partial charge in [-0.25, -0.2) is 4.39 Å². The van der Waals surface area contributed by atoms with E-state index >= 15 is 0 Å². The van der Waals surface area contributed by atoms with Gasteiger partial charge < -0.3 is 5.73 Å². The van der Waals surface area contributed by atoms with Crippen molar-refractivity contribution in [3.05, 3.63) is 35.6 Å². The van der Waals surface area contributed by atoms with Crippen LogP contribution >= 0.6 is 0 Å². The minimum absolute atomic E-state index is 0.0228. The summed E-state index contributed by atoms with van der Waals surface area (Å²) in [6.07, 6.45) is 0.709. The summed E-state index contributed by atoms with van der Waals surface area (Å²) in [5, 5.41) is 0.0228. The predicted octanol–water partition coefficient (Wildman–Crippen LogP) is 1.81. The first-order chi connectivity index (χ1) is 7.15. The monoisotopic (exact) mass is 229 g/mol. The molecule has 0 amide bonds. The molecule has 84 valence electrons. The number of halogens is 1. The molecule has 2 N–H and O–H groups in total. The average molecular weight is 229 g/mol. The van der Waals surface area contributed by atoms with Crippen LogP contribution in [0.3, 0.4) is 0 Å². The molecule has 1 rings (SSSR count). The highest BCUT2D eigenvalue weighted by molar-refractivity contribution is 7.84. The Morgan fingerprint density at radius 3 is 2.73 bits per heavy atom. The fourth-order valence-electron chi connectivity index (χ4n) is 1.28. The minimum Gasteiger partial charge on any atom is -0.330 e. The van der Waals surface area contributed by atoms with Gasteiger partial charge in [-0.05, 0) is 19.0 Å². The van der Waals surface area contributed by atoms with Crippen LogP contribution in [0.25, 0.3) is 0 Å². The van der Waals surface area contributed by atoms with Gasteiger partial charge in [0.2, 0.25) is 0 Å². The first-order valence-corrected chi connectivity index (χ1v) is 6.34. The molecule has 4 heteroatoms. The molecular weight excluding hydrogens is 213 g/mol. The van der Waals surface area contributed by atoms with E-state index in [0.717, 1.165) is 0 Å². The highest BCUT2D eigenvalue weighted by atomic mass is 32.2. The normalized spacial score (nSPS) is 14.9. The van der Waals surface area contributed by atoms with E-state index in [1.807, 2.05) is 6.92 Å². The van der Waals surface area contributed by atoms with E-state index in [1.165, 1.54) is 6.07 Å². The van der Waals surface area contributed by atoms with Gasteiger partial charge in [-0.2, -0.15) is 0 Å². The smallest absolute Gasteiger partial charge is 0.127 e. The largest absolute Gasteiger partial charge is 0.330 e. The van der Waals surface area contributed by atoms with Crippen molar-refractivity contribution in [2.75, 3.05) is 6.54 Å². The third kappa shape index (κ3) is 3.72. The number of rotatable bonds is 5. The molecule has 0 bridgehead atoms. The second-order valence-electron chi connectivity index (χ2n) is 3.50. The summed E-state index contributed by atoms with van der Waals surface area (Å²) in [5.41, 5.74) is 5.90. The van der Waals surface area contributed by atoms with Crippen LogP contribution in [0, 0.1) is 5.82 Å². The van der Waals surface area contributed by atoms with Crippen LogP contribution < -0.4 is 5.73 Å². The zero-order valence-electron chi connectivity index (χ0n) is 8.78. The second-order valence-corrected chi connectivity index (χ2v) is 5.36. The fourth-order valence-corrected chi connectivity index (χ4v) is 2.50. The SMILES string of the molecule is CC(CCN)S(=O)Cc1ccccc1F. The molecule has 0 aliphatic rings. The van der Waals surface area contributed by atoms with E-state index in [4.69, 9.17) is 5.73 Å². The summed E-state index contributed by atoms with van der Waals surface area (Å²) in [6, 6.07) is 6.44. The zero-order chi connectivity index (χ0) is 11.3. The van der Waals surface area contributed by atoms with Gasteiger partial charge >= 0.3 is 0 Å². The molecule has 1 aromatic rings. The van der Waals surface area contributed by atoms with Gasteiger partial charge in [-0.3, -0.25) is 4.21 Å². The molecule has 2 unspecified atom stereocenters. The summed E-state index contributed by atoms with van der Waals surface area (Å²) < 4.78 is 25.0. The molecule has 0 saturated carbocycles. The van der Waals surface area contributed by atoms with Crippen LogP contribution in [0.4, 0.5) is 4.39 Å². The molecule has 0 aliphatic heterocycles. The van der Waals surface area contributed by atoms with Crippen molar-refractivity contribution in [2.24, 2.45) is 5.73 Å². The maximum absolute atomic E-state index is 13.2. The molecular formula is C11H16FNOS. The molecule has 1 aromatic carbocycles. The zero-order valence-corrected chi connectivity index (χ0v) is 9.60. The van der Waals surface area contributed by atoms with E-state index in [1.54, 1.807) is 18.2 Å². The topological polar surface area (TPSA) is 43.1 Å². The lowest BCUT2D eigenvalue weighted by Gasteiger charge is -2.10. The van der Waals surface area contributed by atoms with Crippen LogP contribution in [0.15, 0.2) is 24.3 Å². The average Bonchev–Trinajstić information content (AvgIpc) is 2.21. The van der Waals surface area contributed by atoms with Crippen molar-refractivity contribution in [1.82, 2.24) is 0 Å². The lowest BCUT2D eigenvalue weighted by molar-refractivity contribution is 0.614.